The lowest BCUT2D eigenvalue weighted by atomic mass is 10.1. The SMILES string of the molecule is CS(=O)(=O)Nc1ccc(CNC(=O)c2ccc(-c3ccccc3C(F)(F)F)o2)cc1F. The topological polar surface area (TPSA) is 88.4 Å². The van der Waals surface area contributed by atoms with Crippen LogP contribution in [0, 0.1) is 5.82 Å². The number of amides is 1. The van der Waals surface area contributed by atoms with Crippen LogP contribution in [0.3, 0.4) is 0 Å². The Bertz CT molecular complexity index is 1220. The summed E-state index contributed by atoms with van der Waals surface area (Å²) >= 11 is 0. The van der Waals surface area contributed by atoms with E-state index in [1.165, 1.54) is 42.5 Å². The Morgan fingerprint density at radius 2 is 1.77 bits per heavy atom. The van der Waals surface area contributed by atoms with Crippen LogP contribution in [0.15, 0.2) is 59.0 Å². The lowest BCUT2D eigenvalue weighted by molar-refractivity contribution is -0.137. The van der Waals surface area contributed by atoms with E-state index in [2.05, 4.69) is 5.32 Å². The number of hydrogen-bond acceptors (Lipinski definition) is 4. The average Bonchev–Trinajstić information content (AvgIpc) is 3.16. The normalized spacial score (nSPS) is 11.9. The van der Waals surface area contributed by atoms with Crippen molar-refractivity contribution in [3.63, 3.8) is 0 Å². The van der Waals surface area contributed by atoms with Crippen LogP contribution in [0.2, 0.25) is 0 Å². The molecule has 31 heavy (non-hydrogen) atoms. The number of hydrogen-bond donors (Lipinski definition) is 2. The number of alkyl halides is 3. The summed E-state index contributed by atoms with van der Waals surface area (Å²) in [6.45, 7) is -0.121. The average molecular weight is 456 g/mol. The molecule has 0 saturated heterocycles. The minimum atomic E-state index is -4.59. The van der Waals surface area contributed by atoms with Crippen molar-refractivity contribution >= 4 is 21.6 Å². The monoisotopic (exact) mass is 456 g/mol. The number of carbonyl (C=O) groups is 1. The molecular weight excluding hydrogens is 440 g/mol. The van der Waals surface area contributed by atoms with Crippen molar-refractivity contribution in [1.29, 1.82) is 0 Å². The first kappa shape index (κ1) is 22.3. The van der Waals surface area contributed by atoms with E-state index in [-0.39, 0.29) is 29.3 Å². The van der Waals surface area contributed by atoms with Crippen LogP contribution in [-0.4, -0.2) is 20.6 Å². The fourth-order valence-corrected chi connectivity index (χ4v) is 3.34. The molecule has 2 aromatic carbocycles. The van der Waals surface area contributed by atoms with Crippen LogP contribution in [-0.2, 0) is 22.7 Å². The zero-order chi connectivity index (χ0) is 22.8. The van der Waals surface area contributed by atoms with E-state index in [9.17, 15) is 30.8 Å². The fraction of sp³-hybridized carbons (Fsp3) is 0.150. The molecule has 164 valence electrons. The Balaban J connectivity index is 1.71. The van der Waals surface area contributed by atoms with Gasteiger partial charge >= 0.3 is 6.18 Å². The zero-order valence-electron chi connectivity index (χ0n) is 16.0. The summed E-state index contributed by atoms with van der Waals surface area (Å²) in [7, 11) is -3.65. The van der Waals surface area contributed by atoms with Gasteiger partial charge < -0.3 is 9.73 Å². The molecular formula is C20H16F4N2O4S. The fourth-order valence-electron chi connectivity index (χ4n) is 2.77. The number of benzene rings is 2. The molecule has 0 spiro atoms. The first-order valence-corrected chi connectivity index (χ1v) is 10.6. The van der Waals surface area contributed by atoms with Crippen molar-refractivity contribution < 1.29 is 35.2 Å². The number of anilines is 1. The summed E-state index contributed by atoms with van der Waals surface area (Å²) in [6, 6.07) is 11.0. The molecule has 1 amide bonds. The van der Waals surface area contributed by atoms with E-state index in [4.69, 9.17) is 4.42 Å². The minimum Gasteiger partial charge on any atom is -0.451 e. The number of sulfonamides is 1. The Hall–Kier alpha value is -3.34. The van der Waals surface area contributed by atoms with Crippen molar-refractivity contribution in [2.75, 3.05) is 11.0 Å². The van der Waals surface area contributed by atoms with Gasteiger partial charge in [0, 0.05) is 12.1 Å². The Kier molecular flexibility index (Phi) is 6.07. The minimum absolute atomic E-state index is 0.121. The highest BCUT2D eigenvalue weighted by atomic mass is 32.2. The molecule has 0 aliphatic heterocycles. The van der Waals surface area contributed by atoms with E-state index < -0.39 is 33.5 Å². The van der Waals surface area contributed by atoms with Crippen LogP contribution >= 0.6 is 0 Å². The maximum absolute atomic E-state index is 14.0. The van der Waals surface area contributed by atoms with Crippen LogP contribution in [0.25, 0.3) is 11.3 Å². The first-order chi connectivity index (χ1) is 14.4. The molecule has 0 aliphatic carbocycles. The molecule has 1 aromatic heterocycles. The van der Waals surface area contributed by atoms with Gasteiger partial charge in [-0.15, -0.1) is 0 Å². The Morgan fingerprint density at radius 3 is 2.42 bits per heavy atom. The molecule has 2 N–H and O–H groups in total. The van der Waals surface area contributed by atoms with Crippen LogP contribution in [0.4, 0.5) is 23.2 Å². The van der Waals surface area contributed by atoms with Crippen molar-refractivity contribution in [1.82, 2.24) is 5.32 Å². The summed E-state index contributed by atoms with van der Waals surface area (Å²) in [4.78, 5) is 12.3. The molecule has 0 bridgehead atoms. The van der Waals surface area contributed by atoms with Crippen molar-refractivity contribution in [2.24, 2.45) is 0 Å². The van der Waals surface area contributed by atoms with Gasteiger partial charge in [0.25, 0.3) is 5.91 Å². The third-order valence-corrected chi connectivity index (χ3v) is 4.70. The lowest BCUT2D eigenvalue weighted by Crippen LogP contribution is -2.22. The van der Waals surface area contributed by atoms with E-state index in [1.807, 2.05) is 4.72 Å². The molecule has 1 heterocycles. The first-order valence-electron chi connectivity index (χ1n) is 8.75. The second kappa shape index (κ2) is 8.42. The summed E-state index contributed by atoms with van der Waals surface area (Å²) in [6.07, 6.45) is -3.71. The molecule has 0 atom stereocenters. The molecule has 0 radical (unpaired) electrons. The smallest absolute Gasteiger partial charge is 0.417 e. The Morgan fingerprint density at radius 1 is 1.06 bits per heavy atom. The van der Waals surface area contributed by atoms with Crippen LogP contribution < -0.4 is 10.0 Å². The standard InChI is InChI=1S/C20H16F4N2O4S/c1-31(28,29)26-16-7-6-12(10-15(16)21)11-25-19(27)18-9-8-17(30-18)13-4-2-3-5-14(13)20(22,23)24/h2-10,26H,11H2,1H3,(H,25,27). The highest BCUT2D eigenvalue weighted by Gasteiger charge is 2.34. The number of nitrogens with one attached hydrogen (secondary N) is 2. The zero-order valence-corrected chi connectivity index (χ0v) is 16.8. The van der Waals surface area contributed by atoms with Gasteiger partial charge in [-0.1, -0.05) is 24.3 Å². The molecule has 0 aliphatic rings. The van der Waals surface area contributed by atoms with Gasteiger partial charge in [-0.05, 0) is 35.9 Å². The molecule has 0 unspecified atom stereocenters. The molecule has 0 fully saturated rings. The maximum Gasteiger partial charge on any atom is 0.417 e. The summed E-state index contributed by atoms with van der Waals surface area (Å²) < 4.78 is 83.2. The van der Waals surface area contributed by atoms with E-state index in [0.29, 0.717) is 5.56 Å². The highest BCUT2D eigenvalue weighted by Crippen LogP contribution is 2.37. The van der Waals surface area contributed by atoms with Crippen LogP contribution in [0.1, 0.15) is 21.7 Å². The third kappa shape index (κ3) is 5.63. The second-order valence-electron chi connectivity index (χ2n) is 6.58. The van der Waals surface area contributed by atoms with E-state index in [0.717, 1.165) is 18.4 Å². The van der Waals surface area contributed by atoms with Crippen molar-refractivity contribution in [3.05, 3.63) is 77.3 Å². The third-order valence-electron chi connectivity index (χ3n) is 4.11. The predicted molar refractivity (Wildman–Crippen MR) is 105 cm³/mol. The lowest BCUT2D eigenvalue weighted by Gasteiger charge is -2.10. The van der Waals surface area contributed by atoms with Gasteiger partial charge in [-0.3, -0.25) is 9.52 Å². The van der Waals surface area contributed by atoms with Crippen molar-refractivity contribution in [2.45, 2.75) is 12.7 Å². The van der Waals surface area contributed by atoms with Gasteiger partial charge in [0.1, 0.15) is 11.6 Å². The molecule has 11 heteroatoms. The summed E-state index contributed by atoms with van der Waals surface area (Å²) in [5, 5.41) is 2.46. The molecule has 6 nitrogen and oxygen atoms in total. The quantitative estimate of drug-likeness (QED) is 0.538. The van der Waals surface area contributed by atoms with Crippen LogP contribution in [0.5, 0.6) is 0 Å². The van der Waals surface area contributed by atoms with Gasteiger partial charge in [0.2, 0.25) is 10.0 Å². The van der Waals surface area contributed by atoms with Gasteiger partial charge in [0.15, 0.2) is 5.76 Å². The second-order valence-corrected chi connectivity index (χ2v) is 8.33. The molecule has 3 rings (SSSR count). The van der Waals surface area contributed by atoms with E-state index >= 15 is 0 Å². The largest absolute Gasteiger partial charge is 0.451 e. The summed E-state index contributed by atoms with van der Waals surface area (Å²) in [5.74, 6) is -1.89. The summed E-state index contributed by atoms with van der Waals surface area (Å²) in [5.41, 5.74) is -1.00. The highest BCUT2D eigenvalue weighted by molar-refractivity contribution is 7.92. The number of carbonyl (C=O) groups excluding carboxylic acids is 1. The van der Waals surface area contributed by atoms with Gasteiger partial charge in [0.05, 0.1) is 17.5 Å². The van der Waals surface area contributed by atoms with Gasteiger partial charge in [-0.25, -0.2) is 12.8 Å². The molecule has 3 aromatic rings. The number of halogens is 4. The van der Waals surface area contributed by atoms with Gasteiger partial charge in [-0.2, -0.15) is 13.2 Å². The van der Waals surface area contributed by atoms with E-state index in [1.54, 1.807) is 0 Å². The Labute approximate surface area is 174 Å². The van der Waals surface area contributed by atoms with Crippen molar-refractivity contribution in [3.8, 4) is 11.3 Å². The number of furan rings is 1. The predicted octanol–water partition coefficient (Wildman–Crippen LogP) is 4.41. The number of rotatable bonds is 6. The maximum atomic E-state index is 14.0. The molecule has 0 saturated carbocycles.